The highest BCUT2D eigenvalue weighted by atomic mass is 32.2. The van der Waals surface area contributed by atoms with E-state index in [-0.39, 0.29) is 17.2 Å². The van der Waals surface area contributed by atoms with E-state index in [0.717, 1.165) is 24.0 Å². The first kappa shape index (κ1) is 18.7. The van der Waals surface area contributed by atoms with Crippen LogP contribution in [0.4, 0.5) is 0 Å². The summed E-state index contributed by atoms with van der Waals surface area (Å²) in [4.78, 5) is -0.242. The average Bonchev–Trinajstić information content (AvgIpc) is 2.61. The summed E-state index contributed by atoms with van der Waals surface area (Å²) < 4.78 is 27.3. The molecule has 0 spiro atoms. The number of phenolic OH excluding ortho intramolecular Hbond substituents is 2. The fraction of sp³-hybridized carbons (Fsp3) is 0.400. The lowest BCUT2D eigenvalue weighted by molar-refractivity contribution is 0.356. The minimum absolute atomic E-state index is 0.154. The van der Waals surface area contributed by atoms with Crippen molar-refractivity contribution in [2.45, 2.75) is 50.0 Å². The molecule has 1 saturated carbocycles. The molecule has 0 atom stereocenters. The smallest absolute Gasteiger partial charge is 0.244 e. The first-order chi connectivity index (χ1) is 12.4. The number of phenols is 2. The topological polar surface area (TPSA) is 86.6 Å². The highest BCUT2D eigenvalue weighted by molar-refractivity contribution is 7.89. The van der Waals surface area contributed by atoms with Gasteiger partial charge in [0.1, 0.15) is 16.4 Å². The van der Waals surface area contributed by atoms with E-state index in [1.807, 2.05) is 18.2 Å². The summed E-state index contributed by atoms with van der Waals surface area (Å²) in [5.74, 6) is 0.0741. The van der Waals surface area contributed by atoms with Crippen LogP contribution in [-0.2, 0) is 23.0 Å². The quantitative estimate of drug-likeness (QED) is 0.718. The molecule has 1 aliphatic carbocycles. The van der Waals surface area contributed by atoms with Crippen LogP contribution in [0.2, 0.25) is 0 Å². The predicted octanol–water partition coefficient (Wildman–Crippen LogP) is 3.70. The van der Waals surface area contributed by atoms with E-state index >= 15 is 0 Å². The van der Waals surface area contributed by atoms with Crippen LogP contribution in [0.3, 0.4) is 0 Å². The first-order valence-corrected chi connectivity index (χ1v) is 10.5. The van der Waals surface area contributed by atoms with E-state index in [4.69, 9.17) is 0 Å². The normalized spacial score (nSPS) is 15.8. The van der Waals surface area contributed by atoms with Gasteiger partial charge in [-0.05, 0) is 35.6 Å². The van der Waals surface area contributed by atoms with Crippen molar-refractivity contribution in [1.82, 2.24) is 4.72 Å². The number of hydrogen-bond acceptors (Lipinski definition) is 4. The summed E-state index contributed by atoms with van der Waals surface area (Å²) in [5.41, 5.74) is 2.13. The summed E-state index contributed by atoms with van der Waals surface area (Å²) in [6.45, 7) is 0.154. The highest BCUT2D eigenvalue weighted by Gasteiger charge is 2.19. The van der Waals surface area contributed by atoms with Gasteiger partial charge in [-0.15, -0.1) is 0 Å². The molecule has 0 unspecified atom stereocenters. The van der Waals surface area contributed by atoms with Crippen LogP contribution in [-0.4, -0.2) is 18.6 Å². The minimum Gasteiger partial charge on any atom is -0.508 e. The predicted molar refractivity (Wildman–Crippen MR) is 101 cm³/mol. The Labute approximate surface area is 154 Å². The van der Waals surface area contributed by atoms with Crippen LogP contribution < -0.4 is 4.72 Å². The molecular formula is C20H25NO4S. The van der Waals surface area contributed by atoms with E-state index in [2.05, 4.69) is 10.8 Å². The molecule has 0 bridgehead atoms. The van der Waals surface area contributed by atoms with Crippen molar-refractivity contribution in [2.24, 2.45) is 5.92 Å². The number of nitrogens with one attached hydrogen (secondary N) is 1. The Bertz CT molecular complexity index is 858. The Balaban J connectivity index is 1.66. The molecule has 2 aromatic carbocycles. The Kier molecular flexibility index (Phi) is 5.84. The van der Waals surface area contributed by atoms with Gasteiger partial charge < -0.3 is 10.2 Å². The lowest BCUT2D eigenvalue weighted by Gasteiger charge is -2.21. The van der Waals surface area contributed by atoms with Crippen LogP contribution in [0.15, 0.2) is 47.4 Å². The standard InChI is InChI=1S/C20H25NO4S/c22-18-9-10-20(19(23)13-18)26(24,25)21-14-17-8-4-7-16(12-17)11-15-5-2-1-3-6-15/h4,7-10,12-13,15,21-23H,1-3,5-6,11,14H2. The lowest BCUT2D eigenvalue weighted by atomic mass is 9.84. The summed E-state index contributed by atoms with van der Waals surface area (Å²) in [6, 6.07) is 11.4. The Morgan fingerprint density at radius 3 is 2.42 bits per heavy atom. The largest absolute Gasteiger partial charge is 0.508 e. The van der Waals surface area contributed by atoms with E-state index in [1.54, 1.807) is 0 Å². The van der Waals surface area contributed by atoms with Gasteiger partial charge in [0, 0.05) is 12.6 Å². The number of sulfonamides is 1. The van der Waals surface area contributed by atoms with E-state index < -0.39 is 15.8 Å². The molecule has 5 nitrogen and oxygen atoms in total. The second-order valence-electron chi connectivity index (χ2n) is 7.00. The van der Waals surface area contributed by atoms with Gasteiger partial charge in [-0.2, -0.15) is 0 Å². The molecule has 3 rings (SSSR count). The summed E-state index contributed by atoms with van der Waals surface area (Å²) in [6.07, 6.45) is 7.54. The van der Waals surface area contributed by atoms with E-state index in [0.29, 0.717) is 0 Å². The molecule has 6 heteroatoms. The second-order valence-corrected chi connectivity index (χ2v) is 8.74. The summed E-state index contributed by atoms with van der Waals surface area (Å²) in [7, 11) is -3.86. The zero-order chi connectivity index (χ0) is 18.6. The molecule has 0 saturated heterocycles. The Morgan fingerprint density at radius 2 is 1.69 bits per heavy atom. The Hall–Kier alpha value is -2.05. The molecule has 0 amide bonds. The molecule has 0 heterocycles. The van der Waals surface area contributed by atoms with Gasteiger partial charge in [-0.3, -0.25) is 0 Å². The molecule has 0 aromatic heterocycles. The Morgan fingerprint density at radius 1 is 0.962 bits per heavy atom. The van der Waals surface area contributed by atoms with E-state index in [9.17, 15) is 18.6 Å². The monoisotopic (exact) mass is 375 g/mol. The van der Waals surface area contributed by atoms with Gasteiger partial charge in [-0.25, -0.2) is 13.1 Å². The van der Waals surface area contributed by atoms with Crippen molar-refractivity contribution in [2.75, 3.05) is 0 Å². The van der Waals surface area contributed by atoms with Crippen molar-refractivity contribution in [1.29, 1.82) is 0 Å². The van der Waals surface area contributed by atoms with Crippen molar-refractivity contribution in [3.63, 3.8) is 0 Å². The number of rotatable bonds is 6. The minimum atomic E-state index is -3.86. The molecule has 1 aliphatic rings. The third-order valence-electron chi connectivity index (χ3n) is 4.94. The van der Waals surface area contributed by atoms with Crippen LogP contribution in [0.5, 0.6) is 11.5 Å². The van der Waals surface area contributed by atoms with Crippen LogP contribution in [0, 0.1) is 5.92 Å². The molecule has 26 heavy (non-hydrogen) atoms. The van der Waals surface area contributed by atoms with Crippen LogP contribution in [0.25, 0.3) is 0 Å². The molecule has 0 aliphatic heterocycles. The summed E-state index contributed by atoms with van der Waals surface area (Å²) in [5, 5.41) is 19.1. The van der Waals surface area contributed by atoms with Crippen LogP contribution in [0.1, 0.15) is 43.2 Å². The zero-order valence-electron chi connectivity index (χ0n) is 14.7. The van der Waals surface area contributed by atoms with Gasteiger partial charge in [0.15, 0.2) is 0 Å². The molecule has 2 aromatic rings. The maximum Gasteiger partial charge on any atom is 0.244 e. The van der Waals surface area contributed by atoms with Gasteiger partial charge in [-0.1, -0.05) is 56.4 Å². The number of hydrogen-bond donors (Lipinski definition) is 3. The molecule has 140 valence electrons. The number of aromatic hydroxyl groups is 2. The van der Waals surface area contributed by atoms with Gasteiger partial charge in [0.25, 0.3) is 0 Å². The van der Waals surface area contributed by atoms with Crippen LogP contribution >= 0.6 is 0 Å². The molecule has 0 radical (unpaired) electrons. The molecule has 3 N–H and O–H groups in total. The molecular weight excluding hydrogens is 350 g/mol. The fourth-order valence-corrected chi connectivity index (χ4v) is 4.67. The maximum absolute atomic E-state index is 12.4. The zero-order valence-corrected chi connectivity index (χ0v) is 15.5. The average molecular weight is 375 g/mol. The SMILES string of the molecule is O=S(=O)(NCc1cccc(CC2CCCCC2)c1)c1ccc(O)cc1O. The maximum atomic E-state index is 12.4. The number of benzene rings is 2. The third-order valence-corrected chi connectivity index (χ3v) is 6.39. The first-order valence-electron chi connectivity index (χ1n) is 9.03. The van der Waals surface area contributed by atoms with Crippen molar-refractivity contribution in [3.8, 4) is 11.5 Å². The summed E-state index contributed by atoms with van der Waals surface area (Å²) >= 11 is 0. The van der Waals surface area contributed by atoms with Gasteiger partial charge in [0.05, 0.1) is 0 Å². The molecule has 1 fully saturated rings. The van der Waals surface area contributed by atoms with Crippen molar-refractivity contribution in [3.05, 3.63) is 53.6 Å². The second kappa shape index (κ2) is 8.10. The van der Waals surface area contributed by atoms with Gasteiger partial charge >= 0.3 is 0 Å². The fourth-order valence-electron chi connectivity index (χ4n) is 3.58. The van der Waals surface area contributed by atoms with Crippen molar-refractivity contribution < 1.29 is 18.6 Å². The highest BCUT2D eigenvalue weighted by Crippen LogP contribution is 2.28. The van der Waals surface area contributed by atoms with E-state index in [1.165, 1.54) is 49.8 Å². The third kappa shape index (κ3) is 4.77. The van der Waals surface area contributed by atoms with Gasteiger partial charge in [0.2, 0.25) is 10.0 Å². The lowest BCUT2D eigenvalue weighted by Crippen LogP contribution is -2.23. The van der Waals surface area contributed by atoms with Crippen molar-refractivity contribution >= 4 is 10.0 Å².